The van der Waals surface area contributed by atoms with Gasteiger partial charge in [-0.3, -0.25) is 4.84 Å². The Morgan fingerprint density at radius 3 is 2.62 bits per heavy atom. The van der Waals surface area contributed by atoms with E-state index in [1.165, 1.54) is 12.1 Å². The number of benzene rings is 1. The van der Waals surface area contributed by atoms with Crippen LogP contribution < -0.4 is 11.2 Å². The minimum atomic E-state index is -0.762. The third kappa shape index (κ3) is 3.53. The molecule has 5 heteroatoms. The largest absolute Gasteiger partial charge is 0.350 e. The first kappa shape index (κ1) is 9.47. The van der Waals surface area contributed by atoms with Crippen molar-refractivity contribution in [1.82, 2.24) is 5.48 Å². The zero-order chi connectivity index (χ0) is 9.68. The number of nitrogens with two attached hydrogens (primary N) is 1. The maximum atomic E-state index is 12.4. The first-order valence-electron chi connectivity index (χ1n) is 3.60. The monoisotopic (exact) mass is 184 g/mol. The van der Waals surface area contributed by atoms with Gasteiger partial charge in [0.15, 0.2) is 0 Å². The van der Waals surface area contributed by atoms with Crippen molar-refractivity contribution >= 4 is 6.03 Å². The average Bonchev–Trinajstić information content (AvgIpc) is 2.08. The van der Waals surface area contributed by atoms with E-state index in [1.807, 2.05) is 5.48 Å². The highest BCUT2D eigenvalue weighted by molar-refractivity contribution is 5.70. The molecule has 1 aromatic rings. The van der Waals surface area contributed by atoms with Gasteiger partial charge in [-0.2, -0.15) is 0 Å². The lowest BCUT2D eigenvalue weighted by molar-refractivity contribution is 0.0521. The number of urea groups is 1. The first-order valence-corrected chi connectivity index (χ1v) is 3.60. The predicted octanol–water partition coefficient (Wildman–Crippen LogP) is 0.926. The fourth-order valence-electron chi connectivity index (χ4n) is 0.771. The van der Waals surface area contributed by atoms with Crippen LogP contribution in [0, 0.1) is 5.82 Å². The number of nitrogens with one attached hydrogen (secondary N) is 1. The molecular formula is C8H9FN2O2. The first-order chi connectivity index (χ1) is 6.18. The number of amides is 2. The topological polar surface area (TPSA) is 64.4 Å². The fraction of sp³-hybridized carbons (Fsp3) is 0.125. The third-order valence-corrected chi connectivity index (χ3v) is 1.32. The highest BCUT2D eigenvalue weighted by Crippen LogP contribution is 2.02. The van der Waals surface area contributed by atoms with Crippen molar-refractivity contribution in [1.29, 1.82) is 0 Å². The molecule has 0 saturated carbocycles. The minimum Gasteiger partial charge on any atom is -0.350 e. The number of carbonyl (C=O) groups excluding carboxylic acids is 1. The van der Waals surface area contributed by atoms with E-state index in [0.717, 1.165) is 5.56 Å². The van der Waals surface area contributed by atoms with Crippen LogP contribution in [0.25, 0.3) is 0 Å². The van der Waals surface area contributed by atoms with Gasteiger partial charge < -0.3 is 5.73 Å². The molecule has 0 radical (unpaired) electrons. The minimum absolute atomic E-state index is 0.156. The summed E-state index contributed by atoms with van der Waals surface area (Å²) in [5.41, 5.74) is 7.44. The van der Waals surface area contributed by atoms with Crippen LogP contribution in [0.5, 0.6) is 0 Å². The van der Waals surface area contributed by atoms with Crippen LogP contribution in [0.3, 0.4) is 0 Å². The van der Waals surface area contributed by atoms with Gasteiger partial charge in [0.25, 0.3) is 0 Å². The molecule has 0 spiro atoms. The van der Waals surface area contributed by atoms with Crippen LogP contribution in [0.1, 0.15) is 5.56 Å². The summed E-state index contributed by atoms with van der Waals surface area (Å²) < 4.78 is 12.4. The number of hydrogen-bond donors (Lipinski definition) is 2. The SMILES string of the molecule is NC(=O)NOCc1ccc(F)cc1. The van der Waals surface area contributed by atoms with Crippen molar-refractivity contribution in [2.75, 3.05) is 0 Å². The van der Waals surface area contributed by atoms with Crippen molar-refractivity contribution in [2.45, 2.75) is 6.61 Å². The molecule has 0 aliphatic carbocycles. The summed E-state index contributed by atoms with van der Waals surface area (Å²) in [6.45, 7) is 0.156. The Kier molecular flexibility index (Phi) is 3.22. The molecule has 70 valence electrons. The van der Waals surface area contributed by atoms with Gasteiger partial charge in [-0.15, -0.1) is 0 Å². The Morgan fingerprint density at radius 2 is 2.08 bits per heavy atom. The summed E-state index contributed by atoms with van der Waals surface area (Å²) in [5, 5.41) is 0. The van der Waals surface area contributed by atoms with Crippen molar-refractivity contribution in [3.8, 4) is 0 Å². The Labute approximate surface area is 74.4 Å². The van der Waals surface area contributed by atoms with E-state index >= 15 is 0 Å². The van der Waals surface area contributed by atoms with Crippen molar-refractivity contribution < 1.29 is 14.0 Å². The van der Waals surface area contributed by atoms with Gasteiger partial charge in [0.1, 0.15) is 5.82 Å². The summed E-state index contributed by atoms with van der Waals surface area (Å²) in [7, 11) is 0. The lowest BCUT2D eigenvalue weighted by atomic mass is 10.2. The van der Waals surface area contributed by atoms with Gasteiger partial charge >= 0.3 is 6.03 Å². The Morgan fingerprint density at radius 1 is 1.46 bits per heavy atom. The number of rotatable bonds is 3. The van der Waals surface area contributed by atoms with E-state index in [1.54, 1.807) is 12.1 Å². The van der Waals surface area contributed by atoms with E-state index in [2.05, 4.69) is 4.84 Å². The molecule has 1 aromatic carbocycles. The molecule has 0 aliphatic heterocycles. The van der Waals surface area contributed by atoms with Gasteiger partial charge in [-0.25, -0.2) is 14.7 Å². The van der Waals surface area contributed by atoms with E-state index in [9.17, 15) is 9.18 Å². The van der Waals surface area contributed by atoms with E-state index in [-0.39, 0.29) is 12.4 Å². The summed E-state index contributed by atoms with van der Waals surface area (Å²) in [4.78, 5) is 14.8. The third-order valence-electron chi connectivity index (χ3n) is 1.32. The molecule has 0 fully saturated rings. The van der Waals surface area contributed by atoms with Gasteiger partial charge in [-0.1, -0.05) is 12.1 Å². The zero-order valence-corrected chi connectivity index (χ0v) is 6.79. The average molecular weight is 184 g/mol. The fourth-order valence-corrected chi connectivity index (χ4v) is 0.771. The van der Waals surface area contributed by atoms with Gasteiger partial charge in [0.05, 0.1) is 6.61 Å². The lowest BCUT2D eigenvalue weighted by Crippen LogP contribution is -2.29. The lowest BCUT2D eigenvalue weighted by Gasteiger charge is -2.02. The van der Waals surface area contributed by atoms with Gasteiger partial charge in [0, 0.05) is 0 Å². The Hall–Kier alpha value is -1.62. The maximum absolute atomic E-state index is 12.4. The second kappa shape index (κ2) is 4.42. The number of primary amides is 1. The van der Waals surface area contributed by atoms with E-state index in [4.69, 9.17) is 5.73 Å². The smallest absolute Gasteiger partial charge is 0.336 e. The van der Waals surface area contributed by atoms with Crippen LogP contribution in [-0.4, -0.2) is 6.03 Å². The van der Waals surface area contributed by atoms with Crippen LogP contribution >= 0.6 is 0 Å². The summed E-state index contributed by atoms with van der Waals surface area (Å²) >= 11 is 0. The summed E-state index contributed by atoms with van der Waals surface area (Å²) in [6, 6.07) is 4.96. The van der Waals surface area contributed by atoms with E-state index < -0.39 is 6.03 Å². The standard InChI is InChI=1S/C8H9FN2O2/c9-7-3-1-6(2-4-7)5-13-11-8(10)12/h1-4H,5H2,(H3,10,11,12). The molecular weight excluding hydrogens is 175 g/mol. The highest BCUT2D eigenvalue weighted by Gasteiger charge is 1.95. The van der Waals surface area contributed by atoms with Crippen molar-refractivity contribution in [2.24, 2.45) is 5.73 Å². The highest BCUT2D eigenvalue weighted by atomic mass is 19.1. The molecule has 13 heavy (non-hydrogen) atoms. The van der Waals surface area contributed by atoms with Crippen molar-refractivity contribution in [3.63, 3.8) is 0 Å². The molecule has 4 nitrogen and oxygen atoms in total. The van der Waals surface area contributed by atoms with Crippen LogP contribution in [0.15, 0.2) is 24.3 Å². The summed E-state index contributed by atoms with van der Waals surface area (Å²) in [5.74, 6) is -0.313. The number of hydroxylamine groups is 1. The van der Waals surface area contributed by atoms with Crippen LogP contribution in [-0.2, 0) is 11.4 Å². The molecule has 0 heterocycles. The molecule has 3 N–H and O–H groups in total. The molecule has 0 aromatic heterocycles. The number of hydrogen-bond acceptors (Lipinski definition) is 2. The molecule has 0 aliphatic rings. The van der Waals surface area contributed by atoms with Crippen LogP contribution in [0.2, 0.25) is 0 Å². The molecule has 2 amide bonds. The number of halogens is 1. The second-order valence-corrected chi connectivity index (χ2v) is 2.38. The van der Waals surface area contributed by atoms with Crippen molar-refractivity contribution in [3.05, 3.63) is 35.6 Å². The maximum Gasteiger partial charge on any atom is 0.336 e. The molecule has 0 unspecified atom stereocenters. The zero-order valence-electron chi connectivity index (χ0n) is 6.79. The van der Waals surface area contributed by atoms with Crippen LogP contribution in [0.4, 0.5) is 9.18 Å². The molecule has 0 atom stereocenters. The molecule has 1 rings (SSSR count). The molecule has 0 saturated heterocycles. The number of carbonyl (C=O) groups is 1. The second-order valence-electron chi connectivity index (χ2n) is 2.38. The Balaban J connectivity index is 2.37. The quantitative estimate of drug-likeness (QED) is 0.686. The Bertz CT molecular complexity index is 287. The van der Waals surface area contributed by atoms with Gasteiger partial charge in [-0.05, 0) is 17.7 Å². The van der Waals surface area contributed by atoms with Gasteiger partial charge in [0.2, 0.25) is 0 Å². The predicted molar refractivity (Wildman–Crippen MR) is 43.9 cm³/mol. The summed E-state index contributed by atoms with van der Waals surface area (Å²) in [6.07, 6.45) is 0. The molecule has 0 bridgehead atoms. The van der Waals surface area contributed by atoms with E-state index in [0.29, 0.717) is 0 Å². The normalized spacial score (nSPS) is 9.62.